The number of amides is 2. The first-order chi connectivity index (χ1) is 15.8. The van der Waals surface area contributed by atoms with E-state index in [1.54, 1.807) is 6.07 Å². The smallest absolute Gasteiger partial charge is 0.291 e. The maximum absolute atomic E-state index is 12.9. The van der Waals surface area contributed by atoms with Crippen LogP contribution in [-0.4, -0.2) is 17.5 Å². The summed E-state index contributed by atoms with van der Waals surface area (Å²) in [6.07, 6.45) is 2.29. The van der Waals surface area contributed by atoms with E-state index in [-0.39, 0.29) is 17.6 Å². The van der Waals surface area contributed by atoms with Gasteiger partial charge in [0.25, 0.3) is 11.8 Å². The molecule has 0 saturated heterocycles. The van der Waals surface area contributed by atoms with E-state index in [1.807, 2.05) is 56.3 Å². The van der Waals surface area contributed by atoms with Crippen LogP contribution in [0.5, 0.6) is 0 Å². The number of carbonyl (C=O) groups excluding carboxylic acids is 2. The quantitative estimate of drug-likeness (QED) is 0.493. The maximum atomic E-state index is 12.9. The molecule has 2 amide bonds. The van der Waals surface area contributed by atoms with Gasteiger partial charge in [0.2, 0.25) is 0 Å². The number of rotatable bonds is 5. The standard InChI is InChI=1S/C27H29N3O3/c1-16(2)19-11-13-21(14-12-19)28-27(32)25-18(4)24-22(9-6-10-23(24)33-25)29-30-26(31)20-8-5-7-17(3)15-20/h5,7-8,11-16H,6,9-10H2,1-4H3,(H,28,32)(H,30,31)/b29-22+. The molecular weight excluding hydrogens is 414 g/mol. The number of nitrogens with zero attached hydrogens (tertiary/aromatic N) is 1. The summed E-state index contributed by atoms with van der Waals surface area (Å²) in [5, 5.41) is 7.32. The van der Waals surface area contributed by atoms with E-state index in [1.165, 1.54) is 5.56 Å². The summed E-state index contributed by atoms with van der Waals surface area (Å²) in [7, 11) is 0. The molecule has 1 aromatic heterocycles. The molecule has 1 aliphatic rings. The lowest BCUT2D eigenvalue weighted by molar-refractivity contribution is 0.0953. The van der Waals surface area contributed by atoms with Crippen LogP contribution < -0.4 is 10.7 Å². The van der Waals surface area contributed by atoms with Gasteiger partial charge in [0.05, 0.1) is 5.71 Å². The Morgan fingerprint density at radius 2 is 1.76 bits per heavy atom. The van der Waals surface area contributed by atoms with Crippen molar-refractivity contribution >= 4 is 23.2 Å². The number of furan rings is 1. The third kappa shape index (κ3) is 4.90. The largest absolute Gasteiger partial charge is 0.455 e. The number of nitrogens with one attached hydrogen (secondary N) is 2. The molecule has 3 aromatic rings. The van der Waals surface area contributed by atoms with Crippen molar-refractivity contribution in [3.05, 3.63) is 87.9 Å². The normalized spacial score (nSPS) is 14.3. The minimum Gasteiger partial charge on any atom is -0.455 e. The summed E-state index contributed by atoms with van der Waals surface area (Å²) in [5.41, 5.74) is 8.47. The van der Waals surface area contributed by atoms with Crippen LogP contribution in [0.15, 0.2) is 58.0 Å². The summed E-state index contributed by atoms with van der Waals surface area (Å²) in [6, 6.07) is 15.2. The van der Waals surface area contributed by atoms with Gasteiger partial charge >= 0.3 is 0 Å². The predicted molar refractivity (Wildman–Crippen MR) is 130 cm³/mol. The Morgan fingerprint density at radius 1 is 1.00 bits per heavy atom. The van der Waals surface area contributed by atoms with Crippen LogP contribution >= 0.6 is 0 Å². The lowest BCUT2D eigenvalue weighted by Gasteiger charge is -2.13. The Labute approximate surface area is 194 Å². The minimum absolute atomic E-state index is 0.262. The van der Waals surface area contributed by atoms with Crippen molar-refractivity contribution in [2.75, 3.05) is 5.32 Å². The van der Waals surface area contributed by atoms with Crippen LogP contribution in [0.2, 0.25) is 0 Å². The Hall–Kier alpha value is -3.67. The predicted octanol–water partition coefficient (Wildman–Crippen LogP) is 5.74. The lowest BCUT2D eigenvalue weighted by atomic mass is 9.93. The van der Waals surface area contributed by atoms with Gasteiger partial charge in [0.15, 0.2) is 5.76 Å². The van der Waals surface area contributed by atoms with Crippen molar-refractivity contribution in [2.45, 2.75) is 52.9 Å². The van der Waals surface area contributed by atoms with E-state index >= 15 is 0 Å². The van der Waals surface area contributed by atoms with E-state index in [9.17, 15) is 9.59 Å². The molecule has 6 heteroatoms. The summed E-state index contributed by atoms with van der Waals surface area (Å²) in [5.74, 6) is 0.901. The van der Waals surface area contributed by atoms with E-state index in [0.717, 1.165) is 46.7 Å². The number of carbonyl (C=O) groups is 2. The number of hydrazone groups is 1. The van der Waals surface area contributed by atoms with Crippen LogP contribution in [0.4, 0.5) is 5.69 Å². The summed E-state index contributed by atoms with van der Waals surface area (Å²) >= 11 is 0. The van der Waals surface area contributed by atoms with Crippen molar-refractivity contribution in [3.63, 3.8) is 0 Å². The Balaban J connectivity index is 1.53. The van der Waals surface area contributed by atoms with Crippen molar-refractivity contribution in [1.29, 1.82) is 0 Å². The molecule has 2 aromatic carbocycles. The summed E-state index contributed by atoms with van der Waals surface area (Å²) < 4.78 is 5.96. The molecule has 2 N–H and O–H groups in total. The number of fused-ring (bicyclic) bond motifs is 1. The molecule has 6 nitrogen and oxygen atoms in total. The Bertz CT molecular complexity index is 1220. The van der Waals surface area contributed by atoms with Crippen molar-refractivity contribution in [1.82, 2.24) is 5.43 Å². The molecule has 0 atom stereocenters. The van der Waals surface area contributed by atoms with Gasteiger partial charge in [-0.1, -0.05) is 43.7 Å². The molecule has 33 heavy (non-hydrogen) atoms. The number of aryl methyl sites for hydroxylation is 2. The van der Waals surface area contributed by atoms with Crippen molar-refractivity contribution in [2.24, 2.45) is 5.10 Å². The molecule has 4 rings (SSSR count). The third-order valence-electron chi connectivity index (χ3n) is 5.94. The van der Waals surface area contributed by atoms with Crippen LogP contribution in [0.1, 0.15) is 81.5 Å². The number of hydrogen-bond donors (Lipinski definition) is 2. The van der Waals surface area contributed by atoms with E-state index < -0.39 is 0 Å². The highest BCUT2D eigenvalue weighted by Gasteiger charge is 2.28. The van der Waals surface area contributed by atoms with Crippen LogP contribution in [0.25, 0.3) is 0 Å². The van der Waals surface area contributed by atoms with Gasteiger partial charge in [-0.15, -0.1) is 0 Å². The highest BCUT2D eigenvalue weighted by Crippen LogP contribution is 2.30. The lowest BCUT2D eigenvalue weighted by Crippen LogP contribution is -2.22. The summed E-state index contributed by atoms with van der Waals surface area (Å²) in [6.45, 7) is 8.07. The topological polar surface area (TPSA) is 83.7 Å². The molecule has 0 fully saturated rings. The molecule has 0 unspecified atom stereocenters. The fourth-order valence-corrected chi connectivity index (χ4v) is 4.10. The fraction of sp³-hybridized carbons (Fsp3) is 0.296. The second kappa shape index (κ2) is 9.45. The molecule has 0 spiro atoms. The van der Waals surface area contributed by atoms with Gasteiger partial charge in [0.1, 0.15) is 5.76 Å². The molecule has 0 radical (unpaired) electrons. The first-order valence-electron chi connectivity index (χ1n) is 11.3. The van der Waals surface area contributed by atoms with Crippen LogP contribution in [0.3, 0.4) is 0 Å². The maximum Gasteiger partial charge on any atom is 0.291 e. The van der Waals surface area contributed by atoms with Crippen LogP contribution in [0, 0.1) is 13.8 Å². The van der Waals surface area contributed by atoms with Gasteiger partial charge in [-0.25, -0.2) is 5.43 Å². The number of hydrogen-bond acceptors (Lipinski definition) is 4. The molecular formula is C27H29N3O3. The molecule has 0 bridgehead atoms. The average molecular weight is 444 g/mol. The van der Waals surface area contributed by atoms with Gasteiger partial charge in [0, 0.05) is 28.8 Å². The number of benzene rings is 2. The van der Waals surface area contributed by atoms with E-state index in [4.69, 9.17) is 4.42 Å². The van der Waals surface area contributed by atoms with Gasteiger partial charge in [-0.2, -0.15) is 5.10 Å². The highest BCUT2D eigenvalue weighted by atomic mass is 16.4. The average Bonchev–Trinajstić information content (AvgIpc) is 3.15. The third-order valence-corrected chi connectivity index (χ3v) is 5.94. The Kier molecular flexibility index (Phi) is 6.45. The Morgan fingerprint density at radius 3 is 2.45 bits per heavy atom. The first-order valence-corrected chi connectivity index (χ1v) is 11.3. The monoisotopic (exact) mass is 443 g/mol. The van der Waals surface area contributed by atoms with Gasteiger partial charge < -0.3 is 9.73 Å². The minimum atomic E-state index is -0.289. The molecule has 1 aliphatic carbocycles. The summed E-state index contributed by atoms with van der Waals surface area (Å²) in [4.78, 5) is 25.5. The second-order valence-corrected chi connectivity index (χ2v) is 8.81. The zero-order valence-electron chi connectivity index (χ0n) is 19.5. The van der Waals surface area contributed by atoms with Gasteiger partial charge in [-0.3, -0.25) is 9.59 Å². The zero-order valence-corrected chi connectivity index (χ0v) is 19.5. The zero-order chi connectivity index (χ0) is 23.5. The molecule has 0 aliphatic heterocycles. The molecule has 1 heterocycles. The van der Waals surface area contributed by atoms with Crippen molar-refractivity contribution < 1.29 is 14.0 Å². The molecule has 0 saturated carbocycles. The van der Waals surface area contributed by atoms with E-state index in [0.29, 0.717) is 17.9 Å². The number of anilines is 1. The second-order valence-electron chi connectivity index (χ2n) is 8.81. The van der Waals surface area contributed by atoms with E-state index in [2.05, 4.69) is 29.7 Å². The van der Waals surface area contributed by atoms with Crippen molar-refractivity contribution in [3.8, 4) is 0 Å². The molecule has 170 valence electrons. The highest BCUT2D eigenvalue weighted by molar-refractivity contribution is 6.09. The van der Waals surface area contributed by atoms with Gasteiger partial charge in [-0.05, 0) is 62.4 Å². The fourth-order valence-electron chi connectivity index (χ4n) is 4.10. The van der Waals surface area contributed by atoms with Crippen LogP contribution in [-0.2, 0) is 6.42 Å². The SMILES string of the molecule is Cc1cccc(C(=O)N/N=C2\CCCc3oc(C(=O)Nc4ccc(C(C)C)cc4)c(C)c32)c1. The first kappa shape index (κ1) is 22.5.